The third-order valence-corrected chi connectivity index (χ3v) is 5.06. The highest BCUT2D eigenvalue weighted by molar-refractivity contribution is 5.74. The minimum absolute atomic E-state index is 0.0611. The van der Waals surface area contributed by atoms with Crippen molar-refractivity contribution < 1.29 is 9.90 Å². The van der Waals surface area contributed by atoms with Crippen molar-refractivity contribution in [1.29, 1.82) is 0 Å². The van der Waals surface area contributed by atoms with Crippen molar-refractivity contribution in [2.24, 2.45) is 11.8 Å². The number of hydrogen-bond acceptors (Lipinski definition) is 3. The lowest BCUT2D eigenvalue weighted by Crippen LogP contribution is -2.49. The van der Waals surface area contributed by atoms with Crippen molar-refractivity contribution in [3.05, 3.63) is 0 Å². The van der Waals surface area contributed by atoms with E-state index in [9.17, 15) is 9.90 Å². The number of aliphatic hydroxyl groups excluding tert-OH is 1. The summed E-state index contributed by atoms with van der Waals surface area (Å²) < 4.78 is 0. The molecule has 1 aliphatic heterocycles. The summed E-state index contributed by atoms with van der Waals surface area (Å²) in [6.45, 7) is 6.53. The Bertz CT molecular complexity index is 325. The normalized spacial score (nSPS) is 30.9. The molecule has 2 aliphatic rings. The van der Waals surface area contributed by atoms with Crippen molar-refractivity contribution in [2.75, 3.05) is 32.8 Å². The molecule has 1 saturated carbocycles. The molecule has 5 nitrogen and oxygen atoms in total. The van der Waals surface area contributed by atoms with Crippen LogP contribution in [0.4, 0.5) is 4.79 Å². The number of amides is 2. The van der Waals surface area contributed by atoms with Crippen molar-refractivity contribution in [2.45, 2.75) is 51.5 Å². The third kappa shape index (κ3) is 5.15. The molecule has 2 fully saturated rings. The molecule has 2 rings (SSSR count). The van der Waals surface area contributed by atoms with E-state index in [1.54, 1.807) is 0 Å². The maximum atomic E-state index is 12.0. The van der Waals surface area contributed by atoms with Crippen LogP contribution in [0.2, 0.25) is 0 Å². The van der Waals surface area contributed by atoms with E-state index in [0.717, 1.165) is 38.9 Å². The van der Waals surface area contributed by atoms with Crippen molar-refractivity contribution in [1.82, 2.24) is 15.5 Å². The fourth-order valence-electron chi connectivity index (χ4n) is 3.68. The molecule has 3 N–H and O–H groups in total. The predicted octanol–water partition coefficient (Wildman–Crippen LogP) is 1.57. The minimum atomic E-state index is -0.0611. The first kappa shape index (κ1) is 16.6. The topological polar surface area (TPSA) is 64.6 Å². The Morgan fingerprint density at radius 2 is 2.05 bits per heavy atom. The zero-order chi connectivity index (χ0) is 15.1. The molecule has 3 unspecified atom stereocenters. The molecule has 122 valence electrons. The van der Waals surface area contributed by atoms with Gasteiger partial charge in [0.1, 0.15) is 0 Å². The van der Waals surface area contributed by atoms with Crippen LogP contribution in [0.25, 0.3) is 0 Å². The molecule has 1 saturated heterocycles. The van der Waals surface area contributed by atoms with E-state index in [0.29, 0.717) is 5.92 Å². The van der Waals surface area contributed by atoms with E-state index in [1.807, 2.05) is 0 Å². The van der Waals surface area contributed by atoms with Crippen molar-refractivity contribution in [3.63, 3.8) is 0 Å². The van der Waals surface area contributed by atoms with Crippen LogP contribution < -0.4 is 10.6 Å². The molecular weight excluding hydrogens is 266 g/mol. The van der Waals surface area contributed by atoms with Crippen molar-refractivity contribution >= 4 is 6.03 Å². The van der Waals surface area contributed by atoms with E-state index < -0.39 is 0 Å². The van der Waals surface area contributed by atoms with Crippen molar-refractivity contribution in [3.8, 4) is 0 Å². The summed E-state index contributed by atoms with van der Waals surface area (Å²) in [7, 11) is 0. The lowest BCUT2D eigenvalue weighted by molar-refractivity contribution is 0.151. The number of nitrogens with one attached hydrogen (secondary N) is 2. The summed E-state index contributed by atoms with van der Waals surface area (Å²) in [6, 6.07) is 0.0798. The summed E-state index contributed by atoms with van der Waals surface area (Å²) in [5.41, 5.74) is 0. The van der Waals surface area contributed by atoms with Gasteiger partial charge >= 0.3 is 6.03 Å². The number of hydrogen-bond donors (Lipinski definition) is 3. The Labute approximate surface area is 128 Å². The fraction of sp³-hybridized carbons (Fsp3) is 0.938. The lowest BCUT2D eigenvalue weighted by atomic mass is 9.85. The quantitative estimate of drug-likeness (QED) is 0.722. The highest BCUT2D eigenvalue weighted by atomic mass is 16.3. The van der Waals surface area contributed by atoms with E-state index in [4.69, 9.17) is 0 Å². The minimum Gasteiger partial charge on any atom is -0.396 e. The summed E-state index contributed by atoms with van der Waals surface area (Å²) >= 11 is 0. The van der Waals surface area contributed by atoms with Crippen LogP contribution >= 0.6 is 0 Å². The highest BCUT2D eigenvalue weighted by Gasteiger charge is 2.26. The van der Waals surface area contributed by atoms with E-state index >= 15 is 0 Å². The van der Waals surface area contributed by atoms with E-state index in [1.165, 1.54) is 25.8 Å². The molecule has 3 atom stereocenters. The highest BCUT2D eigenvalue weighted by Crippen LogP contribution is 2.23. The van der Waals surface area contributed by atoms with Gasteiger partial charge in [-0.3, -0.25) is 0 Å². The monoisotopic (exact) mass is 297 g/mol. The molecule has 21 heavy (non-hydrogen) atoms. The summed E-state index contributed by atoms with van der Waals surface area (Å²) in [5, 5.41) is 15.5. The largest absolute Gasteiger partial charge is 0.396 e. The number of likely N-dealkylation sites (tertiary alicyclic amines) is 1. The SMILES string of the molecule is CCN1CCCC(CNC(=O)NC2CCCCC2CO)C1. The molecule has 0 bridgehead atoms. The summed E-state index contributed by atoms with van der Waals surface area (Å²) in [5.74, 6) is 0.805. The van der Waals surface area contributed by atoms with Gasteiger partial charge in [-0.1, -0.05) is 19.8 Å². The van der Waals surface area contributed by atoms with Gasteiger partial charge in [-0.05, 0) is 44.7 Å². The molecule has 1 aliphatic carbocycles. The van der Waals surface area contributed by atoms with Crippen LogP contribution in [0.5, 0.6) is 0 Å². The Kier molecular flexibility index (Phi) is 6.77. The fourth-order valence-corrected chi connectivity index (χ4v) is 3.68. The average Bonchev–Trinajstić information content (AvgIpc) is 2.53. The first-order valence-electron chi connectivity index (χ1n) is 8.60. The lowest BCUT2D eigenvalue weighted by Gasteiger charge is -2.33. The smallest absolute Gasteiger partial charge is 0.315 e. The Hall–Kier alpha value is -0.810. The van der Waals surface area contributed by atoms with Gasteiger partial charge in [0.15, 0.2) is 0 Å². The first-order valence-corrected chi connectivity index (χ1v) is 8.60. The molecule has 0 aromatic carbocycles. The number of urea groups is 1. The van der Waals surface area contributed by atoms with E-state index in [-0.39, 0.29) is 24.6 Å². The number of rotatable bonds is 5. The van der Waals surface area contributed by atoms with Gasteiger partial charge in [-0.15, -0.1) is 0 Å². The number of piperidine rings is 1. The first-order chi connectivity index (χ1) is 10.2. The molecule has 0 radical (unpaired) electrons. The second kappa shape index (κ2) is 8.59. The molecule has 0 aromatic rings. The van der Waals surface area contributed by atoms with Gasteiger partial charge in [0.25, 0.3) is 0 Å². The van der Waals surface area contributed by atoms with Gasteiger partial charge < -0.3 is 20.6 Å². The number of aliphatic hydroxyl groups is 1. The summed E-state index contributed by atoms with van der Waals surface area (Å²) in [4.78, 5) is 14.5. The van der Waals surface area contributed by atoms with Crippen LogP contribution in [-0.4, -0.2) is 54.9 Å². The zero-order valence-corrected chi connectivity index (χ0v) is 13.3. The predicted molar refractivity (Wildman–Crippen MR) is 84.2 cm³/mol. The maximum absolute atomic E-state index is 12.0. The Balaban J connectivity index is 1.69. The summed E-state index contributed by atoms with van der Waals surface area (Å²) in [6.07, 6.45) is 6.77. The standard InChI is InChI=1S/C16H31N3O2/c1-2-19-9-5-6-13(11-19)10-17-16(21)18-15-8-4-3-7-14(15)12-20/h13-15,20H,2-12H2,1H3,(H2,17,18,21). The van der Waals surface area contributed by atoms with Gasteiger partial charge in [-0.25, -0.2) is 4.79 Å². The molecular formula is C16H31N3O2. The van der Waals surface area contributed by atoms with Gasteiger partial charge in [0, 0.05) is 31.7 Å². The number of carbonyl (C=O) groups excluding carboxylic acids is 1. The number of nitrogens with zero attached hydrogens (tertiary/aromatic N) is 1. The second-order valence-corrected chi connectivity index (χ2v) is 6.59. The van der Waals surface area contributed by atoms with Gasteiger partial charge in [0.2, 0.25) is 0 Å². The van der Waals surface area contributed by atoms with Gasteiger partial charge in [0.05, 0.1) is 0 Å². The third-order valence-electron chi connectivity index (χ3n) is 5.06. The average molecular weight is 297 g/mol. The maximum Gasteiger partial charge on any atom is 0.315 e. The molecule has 5 heteroatoms. The van der Waals surface area contributed by atoms with Crippen LogP contribution in [-0.2, 0) is 0 Å². The molecule has 2 amide bonds. The number of carbonyl (C=O) groups is 1. The Morgan fingerprint density at radius 3 is 2.81 bits per heavy atom. The molecule has 1 heterocycles. The second-order valence-electron chi connectivity index (χ2n) is 6.59. The van der Waals surface area contributed by atoms with Crippen LogP contribution in [0.3, 0.4) is 0 Å². The zero-order valence-electron chi connectivity index (χ0n) is 13.3. The van der Waals surface area contributed by atoms with Crippen LogP contribution in [0.1, 0.15) is 45.4 Å². The van der Waals surface area contributed by atoms with E-state index in [2.05, 4.69) is 22.5 Å². The van der Waals surface area contributed by atoms with Crippen LogP contribution in [0, 0.1) is 11.8 Å². The van der Waals surface area contributed by atoms with Crippen LogP contribution in [0.15, 0.2) is 0 Å². The Morgan fingerprint density at radius 1 is 1.24 bits per heavy atom. The van der Waals surface area contributed by atoms with Gasteiger partial charge in [-0.2, -0.15) is 0 Å². The molecule has 0 aromatic heterocycles. The molecule has 0 spiro atoms.